The zero-order valence-corrected chi connectivity index (χ0v) is 14.1. The molecule has 0 radical (unpaired) electrons. The van der Waals surface area contributed by atoms with Crippen LogP contribution < -0.4 is 10.2 Å². The molecule has 0 atom stereocenters. The van der Waals surface area contributed by atoms with Gasteiger partial charge in [0.1, 0.15) is 18.8 Å². The fourth-order valence-corrected chi connectivity index (χ4v) is 2.59. The maximum atomic E-state index is 14.1. The Morgan fingerprint density at radius 1 is 1.08 bits per heavy atom. The van der Waals surface area contributed by atoms with Gasteiger partial charge in [0.2, 0.25) is 0 Å². The van der Waals surface area contributed by atoms with E-state index in [-0.39, 0.29) is 6.54 Å². The number of rotatable bonds is 8. The number of methoxy groups -OCH3 is 1. The Kier molecular flexibility index (Phi) is 7.67. The first-order valence-corrected chi connectivity index (χ1v) is 8.22. The molecule has 0 spiro atoms. The summed E-state index contributed by atoms with van der Waals surface area (Å²) in [6.07, 6.45) is 3.06. The lowest BCUT2D eigenvalue weighted by atomic mass is 10.1. The van der Waals surface area contributed by atoms with Crippen molar-refractivity contribution in [2.45, 2.75) is 6.42 Å². The van der Waals surface area contributed by atoms with Crippen molar-refractivity contribution in [3.05, 3.63) is 34.9 Å². The monoisotopic (exact) mass is 363 g/mol. The smallest absolute Gasteiger partial charge is 0.185 e. The lowest BCUT2D eigenvalue weighted by Gasteiger charge is -2.22. The first kappa shape index (κ1) is 19.7. The molecule has 0 aromatic heterocycles. The number of anilines is 1. The molecule has 0 amide bonds. The van der Waals surface area contributed by atoms with Gasteiger partial charge in [-0.3, -0.25) is 0 Å². The molecule has 0 saturated carbocycles. The van der Waals surface area contributed by atoms with E-state index in [1.54, 1.807) is 0 Å². The molecule has 1 aliphatic rings. The van der Waals surface area contributed by atoms with Crippen molar-refractivity contribution in [3.63, 3.8) is 0 Å². The first-order chi connectivity index (χ1) is 12.1. The number of halogens is 4. The summed E-state index contributed by atoms with van der Waals surface area (Å²) in [6.45, 7) is 3.81. The summed E-state index contributed by atoms with van der Waals surface area (Å²) in [5.41, 5.74) is -1.49. The molecular formula is C17H23F4N2O2+. The fraction of sp³-hybridized carbons (Fsp3) is 0.529. The van der Waals surface area contributed by atoms with Gasteiger partial charge in [0.25, 0.3) is 0 Å². The predicted molar refractivity (Wildman–Crippen MR) is 86.7 cm³/mol. The van der Waals surface area contributed by atoms with E-state index in [1.165, 1.54) is 18.1 Å². The SMILES string of the molecule is COCCCNc1c(F)c(F)c(/C=C/C[NH+]2CCOCC2)c(F)c1F. The molecule has 140 valence electrons. The molecule has 1 saturated heterocycles. The zero-order chi connectivity index (χ0) is 18.2. The van der Waals surface area contributed by atoms with Crippen LogP contribution in [0.3, 0.4) is 0 Å². The molecule has 2 N–H and O–H groups in total. The summed E-state index contributed by atoms with van der Waals surface area (Å²) in [4.78, 5) is 1.18. The molecule has 1 aromatic rings. The minimum Gasteiger partial charge on any atom is -0.385 e. The molecule has 1 aromatic carbocycles. The van der Waals surface area contributed by atoms with E-state index in [0.29, 0.717) is 32.8 Å². The second-order valence-corrected chi connectivity index (χ2v) is 5.79. The first-order valence-electron chi connectivity index (χ1n) is 8.22. The van der Waals surface area contributed by atoms with Gasteiger partial charge in [-0.25, -0.2) is 17.6 Å². The van der Waals surface area contributed by atoms with Gasteiger partial charge < -0.3 is 19.7 Å². The summed E-state index contributed by atoms with van der Waals surface area (Å²) in [5.74, 6) is -5.65. The molecule has 25 heavy (non-hydrogen) atoms. The van der Waals surface area contributed by atoms with Crippen LogP contribution >= 0.6 is 0 Å². The van der Waals surface area contributed by atoms with Gasteiger partial charge >= 0.3 is 0 Å². The Bertz CT molecular complexity index is 576. The lowest BCUT2D eigenvalue weighted by Crippen LogP contribution is -3.13. The molecule has 2 rings (SSSR count). The van der Waals surface area contributed by atoms with Crippen LogP contribution in [-0.2, 0) is 9.47 Å². The van der Waals surface area contributed by atoms with E-state index >= 15 is 0 Å². The quantitative estimate of drug-likeness (QED) is 0.419. The van der Waals surface area contributed by atoms with E-state index in [0.717, 1.165) is 19.2 Å². The van der Waals surface area contributed by atoms with Crippen LogP contribution in [0.4, 0.5) is 23.2 Å². The number of quaternary nitrogens is 1. The minimum absolute atomic E-state index is 0.135. The van der Waals surface area contributed by atoms with Gasteiger partial charge in [-0.15, -0.1) is 0 Å². The van der Waals surface area contributed by atoms with Crippen molar-refractivity contribution in [2.75, 3.05) is 58.4 Å². The minimum atomic E-state index is -1.42. The number of nitrogens with one attached hydrogen (secondary N) is 2. The Morgan fingerprint density at radius 2 is 1.72 bits per heavy atom. The number of ether oxygens (including phenoxy) is 2. The van der Waals surface area contributed by atoms with Crippen LogP contribution in [0, 0.1) is 23.3 Å². The molecule has 8 heteroatoms. The number of benzene rings is 1. The highest BCUT2D eigenvalue weighted by molar-refractivity contribution is 5.58. The second-order valence-electron chi connectivity index (χ2n) is 5.79. The summed E-state index contributed by atoms with van der Waals surface area (Å²) in [7, 11) is 1.49. The van der Waals surface area contributed by atoms with Gasteiger partial charge in [-0.05, 0) is 18.6 Å². The molecule has 0 unspecified atom stereocenters. The van der Waals surface area contributed by atoms with Crippen LogP contribution in [0.15, 0.2) is 6.08 Å². The van der Waals surface area contributed by atoms with Gasteiger partial charge in [-0.1, -0.05) is 0 Å². The van der Waals surface area contributed by atoms with E-state index in [9.17, 15) is 17.6 Å². The normalized spacial score (nSPS) is 15.9. The largest absolute Gasteiger partial charge is 0.385 e. The molecule has 0 aliphatic carbocycles. The topological polar surface area (TPSA) is 34.9 Å². The van der Waals surface area contributed by atoms with E-state index in [2.05, 4.69) is 5.32 Å². The van der Waals surface area contributed by atoms with Crippen molar-refractivity contribution < 1.29 is 31.9 Å². The van der Waals surface area contributed by atoms with Crippen LogP contribution in [0.25, 0.3) is 6.08 Å². The highest BCUT2D eigenvalue weighted by Crippen LogP contribution is 2.28. The molecular weight excluding hydrogens is 340 g/mol. The molecule has 1 aliphatic heterocycles. The Labute approximate surface area is 144 Å². The van der Waals surface area contributed by atoms with Crippen molar-refractivity contribution >= 4 is 11.8 Å². The third kappa shape index (κ3) is 5.17. The maximum Gasteiger partial charge on any atom is 0.185 e. The van der Waals surface area contributed by atoms with Crippen molar-refractivity contribution in [2.24, 2.45) is 0 Å². The molecule has 4 nitrogen and oxygen atoms in total. The Morgan fingerprint density at radius 3 is 2.32 bits per heavy atom. The lowest BCUT2D eigenvalue weighted by molar-refractivity contribution is -0.902. The highest BCUT2D eigenvalue weighted by atomic mass is 19.2. The standard InChI is InChI=1S/C17H22F4N2O2/c1-24-9-3-5-22-17-15(20)13(18)12(14(19)16(17)21)4-2-6-23-7-10-25-11-8-23/h2,4,22H,3,5-11H2,1H3/p+1/b4-2+. The second kappa shape index (κ2) is 9.74. The summed E-state index contributed by atoms with van der Waals surface area (Å²) >= 11 is 0. The van der Waals surface area contributed by atoms with Gasteiger partial charge in [0, 0.05) is 20.3 Å². The average molecular weight is 363 g/mol. The van der Waals surface area contributed by atoms with Crippen LogP contribution in [0.2, 0.25) is 0 Å². The molecule has 1 heterocycles. The van der Waals surface area contributed by atoms with Crippen LogP contribution in [0.1, 0.15) is 12.0 Å². The Hall–Kier alpha value is -1.64. The van der Waals surface area contributed by atoms with Crippen molar-refractivity contribution in [1.82, 2.24) is 0 Å². The third-order valence-electron chi connectivity index (χ3n) is 4.02. The summed E-state index contributed by atoms with van der Waals surface area (Å²) in [5, 5.41) is 2.38. The molecule has 0 bridgehead atoms. The van der Waals surface area contributed by atoms with Gasteiger partial charge in [-0.2, -0.15) is 0 Å². The highest BCUT2D eigenvalue weighted by Gasteiger charge is 2.24. The Balaban J connectivity index is 2.10. The zero-order valence-electron chi connectivity index (χ0n) is 14.1. The van der Waals surface area contributed by atoms with Crippen molar-refractivity contribution in [3.8, 4) is 0 Å². The average Bonchev–Trinajstić information content (AvgIpc) is 2.63. The number of hydrogen-bond donors (Lipinski definition) is 2. The fourth-order valence-electron chi connectivity index (χ4n) is 2.59. The number of hydrogen-bond acceptors (Lipinski definition) is 3. The molecule has 1 fully saturated rings. The van der Waals surface area contributed by atoms with Gasteiger partial charge in [0.15, 0.2) is 23.3 Å². The van der Waals surface area contributed by atoms with Crippen molar-refractivity contribution in [1.29, 1.82) is 0 Å². The van der Waals surface area contributed by atoms with E-state index < -0.39 is 34.5 Å². The van der Waals surface area contributed by atoms with E-state index in [1.807, 2.05) is 0 Å². The third-order valence-corrected chi connectivity index (χ3v) is 4.02. The summed E-state index contributed by atoms with van der Waals surface area (Å²) in [6, 6.07) is 0. The maximum absolute atomic E-state index is 14.1. The summed E-state index contributed by atoms with van der Waals surface area (Å²) < 4.78 is 66.4. The number of morpholine rings is 1. The van der Waals surface area contributed by atoms with Crippen LogP contribution in [-0.4, -0.2) is 53.1 Å². The predicted octanol–water partition coefficient (Wildman–Crippen LogP) is 1.62. The van der Waals surface area contributed by atoms with Gasteiger partial charge in [0.05, 0.1) is 25.3 Å². The van der Waals surface area contributed by atoms with E-state index in [4.69, 9.17) is 9.47 Å². The van der Waals surface area contributed by atoms with Crippen LogP contribution in [0.5, 0.6) is 0 Å².